The van der Waals surface area contributed by atoms with Gasteiger partial charge in [-0.05, 0) is 19.1 Å². The quantitative estimate of drug-likeness (QED) is 0.415. The maximum absolute atomic E-state index is 13.1. The van der Waals surface area contributed by atoms with Crippen LogP contribution >= 0.6 is 0 Å². The molecular weight excluding hydrogens is 388 g/mol. The van der Waals surface area contributed by atoms with Crippen LogP contribution in [0.2, 0.25) is 0 Å². The van der Waals surface area contributed by atoms with E-state index in [1.165, 1.54) is 23.7 Å². The molecule has 0 spiro atoms. The monoisotopic (exact) mass is 406 g/mol. The highest BCUT2D eigenvalue weighted by atomic mass is 16.6. The topological polar surface area (TPSA) is 112 Å². The molecule has 9 heteroatoms. The fraction of sp³-hybridized carbons (Fsp3) is 0.143. The van der Waals surface area contributed by atoms with E-state index in [1.807, 2.05) is 0 Å². The van der Waals surface area contributed by atoms with Gasteiger partial charge in [-0.1, -0.05) is 24.3 Å². The zero-order chi connectivity index (χ0) is 21.7. The number of para-hydroxylation sites is 2. The first-order valence-corrected chi connectivity index (χ1v) is 9.07. The van der Waals surface area contributed by atoms with Gasteiger partial charge in [0.05, 0.1) is 27.2 Å². The van der Waals surface area contributed by atoms with Crippen LogP contribution in [0.5, 0.6) is 5.75 Å². The Balaban J connectivity index is 2.23. The number of fused-ring (bicyclic) bond motifs is 1. The van der Waals surface area contributed by atoms with E-state index in [0.717, 1.165) is 4.57 Å². The van der Waals surface area contributed by atoms with Crippen LogP contribution in [0.4, 0.5) is 5.69 Å². The minimum atomic E-state index is -0.527. The molecule has 152 valence electrons. The third-order valence-corrected chi connectivity index (χ3v) is 5.26. The summed E-state index contributed by atoms with van der Waals surface area (Å²) in [5.74, 6) is -0.0394. The van der Waals surface area contributed by atoms with Gasteiger partial charge >= 0.3 is 5.69 Å². The number of aromatic nitrogens is 3. The van der Waals surface area contributed by atoms with Crippen molar-refractivity contribution in [3.05, 3.63) is 85.2 Å². The Morgan fingerprint density at radius 3 is 2.40 bits per heavy atom. The van der Waals surface area contributed by atoms with Crippen LogP contribution in [-0.4, -0.2) is 23.7 Å². The second-order valence-corrected chi connectivity index (χ2v) is 7.06. The van der Waals surface area contributed by atoms with Crippen molar-refractivity contribution in [3.63, 3.8) is 0 Å². The molecule has 1 N–H and O–H groups in total. The van der Waals surface area contributed by atoms with Gasteiger partial charge in [0.2, 0.25) is 0 Å². The van der Waals surface area contributed by atoms with Gasteiger partial charge < -0.3 is 9.67 Å². The second-order valence-electron chi connectivity index (χ2n) is 7.06. The number of aryl methyl sites for hydroxylation is 2. The van der Waals surface area contributed by atoms with Crippen LogP contribution in [0.1, 0.15) is 5.56 Å². The van der Waals surface area contributed by atoms with Crippen LogP contribution in [-0.2, 0) is 14.1 Å². The Hall–Kier alpha value is -4.14. The molecule has 0 fully saturated rings. The number of phenolic OH excluding ortho intramolecular Hbond substituents is 1. The zero-order valence-corrected chi connectivity index (χ0v) is 16.5. The van der Waals surface area contributed by atoms with Crippen molar-refractivity contribution in [2.24, 2.45) is 14.1 Å². The fourth-order valence-electron chi connectivity index (χ4n) is 3.64. The second kappa shape index (κ2) is 6.73. The molecule has 4 aromatic rings. The Labute approximate surface area is 169 Å². The highest BCUT2D eigenvalue weighted by molar-refractivity contribution is 5.95. The van der Waals surface area contributed by atoms with Gasteiger partial charge in [0, 0.05) is 37.5 Å². The third kappa shape index (κ3) is 2.71. The number of hydrogen-bond donors (Lipinski definition) is 1. The summed E-state index contributed by atoms with van der Waals surface area (Å²) in [6.45, 7) is 1.63. The number of hydrogen-bond acceptors (Lipinski definition) is 5. The maximum Gasteiger partial charge on any atom is 0.330 e. The minimum Gasteiger partial charge on any atom is -0.506 e. The number of phenols is 1. The van der Waals surface area contributed by atoms with E-state index < -0.39 is 16.2 Å². The van der Waals surface area contributed by atoms with Gasteiger partial charge in [0.25, 0.3) is 11.2 Å². The molecule has 0 aliphatic heterocycles. The summed E-state index contributed by atoms with van der Waals surface area (Å²) in [4.78, 5) is 36.5. The first-order chi connectivity index (χ1) is 14.2. The first-order valence-electron chi connectivity index (χ1n) is 9.07. The highest BCUT2D eigenvalue weighted by Crippen LogP contribution is 2.35. The maximum atomic E-state index is 13.1. The number of aromatic hydroxyl groups is 1. The summed E-state index contributed by atoms with van der Waals surface area (Å²) in [5, 5.41) is 22.1. The van der Waals surface area contributed by atoms with Crippen molar-refractivity contribution in [2.75, 3.05) is 0 Å². The number of nitrogens with zero attached hydrogens (tertiary/aromatic N) is 4. The van der Waals surface area contributed by atoms with Crippen LogP contribution in [0.25, 0.3) is 27.8 Å². The fourth-order valence-corrected chi connectivity index (χ4v) is 3.64. The standard InChI is InChI=1S/C21H18N4O5/c1-12-8-9-13(10-15(12)25(29)30)19-18-16(22(2)21(28)23(3)20(18)27)11-24(19)14-6-4-5-7-17(14)26/h4-11,26H,1-3H3. The van der Waals surface area contributed by atoms with E-state index in [-0.39, 0.29) is 16.8 Å². The average Bonchev–Trinajstić information content (AvgIpc) is 3.11. The summed E-state index contributed by atoms with van der Waals surface area (Å²) >= 11 is 0. The highest BCUT2D eigenvalue weighted by Gasteiger charge is 2.23. The Bertz CT molecular complexity index is 1460. The third-order valence-electron chi connectivity index (χ3n) is 5.26. The molecule has 0 radical (unpaired) electrons. The van der Waals surface area contributed by atoms with Crippen LogP contribution in [0.15, 0.2) is 58.3 Å². The molecule has 2 aromatic heterocycles. The summed E-state index contributed by atoms with van der Waals surface area (Å²) in [6, 6.07) is 11.2. The summed E-state index contributed by atoms with van der Waals surface area (Å²) in [6.07, 6.45) is 1.58. The van der Waals surface area contributed by atoms with E-state index in [4.69, 9.17) is 0 Å². The Morgan fingerprint density at radius 2 is 1.73 bits per heavy atom. The normalized spacial score (nSPS) is 11.2. The van der Waals surface area contributed by atoms with Crippen molar-refractivity contribution in [1.29, 1.82) is 0 Å². The molecule has 0 saturated heterocycles. The molecule has 0 unspecified atom stereocenters. The number of nitro groups is 1. The summed E-state index contributed by atoms with van der Waals surface area (Å²) in [5.41, 5.74) is 0.864. The SMILES string of the molecule is Cc1ccc(-c2c3c(=O)n(C)c(=O)n(C)c3cn2-c2ccccc2O)cc1[N+](=O)[O-]. The van der Waals surface area contributed by atoms with Gasteiger partial charge in [-0.25, -0.2) is 4.79 Å². The van der Waals surface area contributed by atoms with Gasteiger partial charge in [-0.2, -0.15) is 0 Å². The number of rotatable bonds is 3. The van der Waals surface area contributed by atoms with Crippen LogP contribution < -0.4 is 11.2 Å². The lowest BCUT2D eigenvalue weighted by Crippen LogP contribution is -2.36. The largest absolute Gasteiger partial charge is 0.506 e. The van der Waals surface area contributed by atoms with E-state index >= 15 is 0 Å². The predicted octanol–water partition coefficient (Wildman–Crippen LogP) is 2.62. The Morgan fingerprint density at radius 1 is 1.03 bits per heavy atom. The van der Waals surface area contributed by atoms with Gasteiger partial charge in [0.1, 0.15) is 5.75 Å². The van der Waals surface area contributed by atoms with Crippen molar-refractivity contribution >= 4 is 16.6 Å². The number of benzene rings is 2. The average molecular weight is 406 g/mol. The molecule has 4 rings (SSSR count). The number of nitro benzene ring substituents is 1. The van der Waals surface area contributed by atoms with Crippen LogP contribution in [0, 0.1) is 17.0 Å². The molecule has 0 aliphatic carbocycles. The molecule has 0 aliphatic rings. The van der Waals surface area contributed by atoms with E-state index in [2.05, 4.69) is 0 Å². The molecular formula is C21H18N4O5. The predicted molar refractivity (Wildman–Crippen MR) is 112 cm³/mol. The molecule has 9 nitrogen and oxygen atoms in total. The van der Waals surface area contributed by atoms with E-state index in [1.54, 1.807) is 55.1 Å². The molecule has 0 amide bonds. The van der Waals surface area contributed by atoms with E-state index in [9.17, 15) is 24.8 Å². The molecule has 0 atom stereocenters. The molecule has 2 heterocycles. The summed E-state index contributed by atoms with van der Waals surface area (Å²) < 4.78 is 3.90. The van der Waals surface area contributed by atoms with Gasteiger partial charge in [0.15, 0.2) is 0 Å². The van der Waals surface area contributed by atoms with Crippen molar-refractivity contribution < 1.29 is 10.0 Å². The Kier molecular flexibility index (Phi) is 4.30. The lowest BCUT2D eigenvalue weighted by atomic mass is 10.1. The summed E-state index contributed by atoms with van der Waals surface area (Å²) in [7, 11) is 2.92. The smallest absolute Gasteiger partial charge is 0.330 e. The minimum absolute atomic E-state index is 0.0394. The first kappa shape index (κ1) is 19.2. The molecule has 30 heavy (non-hydrogen) atoms. The van der Waals surface area contributed by atoms with Gasteiger partial charge in [-0.3, -0.25) is 24.0 Å². The zero-order valence-electron chi connectivity index (χ0n) is 16.5. The van der Waals surface area contributed by atoms with E-state index in [0.29, 0.717) is 28.0 Å². The van der Waals surface area contributed by atoms with Crippen molar-refractivity contribution in [1.82, 2.24) is 13.7 Å². The van der Waals surface area contributed by atoms with Gasteiger partial charge in [-0.15, -0.1) is 0 Å². The van der Waals surface area contributed by atoms with Crippen LogP contribution in [0.3, 0.4) is 0 Å². The lowest BCUT2D eigenvalue weighted by molar-refractivity contribution is -0.385. The van der Waals surface area contributed by atoms with Crippen molar-refractivity contribution in [3.8, 4) is 22.7 Å². The molecule has 0 bridgehead atoms. The molecule has 0 saturated carbocycles. The van der Waals surface area contributed by atoms with Crippen molar-refractivity contribution in [2.45, 2.75) is 6.92 Å². The molecule has 2 aromatic carbocycles. The lowest BCUT2D eigenvalue weighted by Gasteiger charge is -2.12.